The number of hydrogen-bond acceptors (Lipinski definition) is 4. The van der Waals surface area contributed by atoms with Gasteiger partial charge in [0.05, 0.1) is 10.0 Å². The van der Waals surface area contributed by atoms with Crippen molar-refractivity contribution in [2.75, 3.05) is 6.54 Å². The summed E-state index contributed by atoms with van der Waals surface area (Å²) in [5, 5.41) is 11.3. The van der Waals surface area contributed by atoms with Crippen LogP contribution in [0.5, 0.6) is 0 Å². The number of nitrogens with one attached hydrogen (secondary N) is 1. The van der Waals surface area contributed by atoms with Gasteiger partial charge in [0.1, 0.15) is 5.82 Å². The van der Waals surface area contributed by atoms with E-state index < -0.39 is 0 Å². The fourth-order valence-electron chi connectivity index (χ4n) is 1.84. The zero-order valence-corrected chi connectivity index (χ0v) is 14.0. The third-order valence-electron chi connectivity index (χ3n) is 2.87. The van der Waals surface area contributed by atoms with Crippen LogP contribution in [-0.2, 0) is 6.42 Å². The molecular weight excluding hydrogens is 337 g/mol. The number of hydrogen-bond donors (Lipinski definition) is 1. The van der Waals surface area contributed by atoms with Gasteiger partial charge in [0, 0.05) is 12.0 Å². The van der Waals surface area contributed by atoms with Crippen molar-refractivity contribution in [3.8, 4) is 11.5 Å². The van der Waals surface area contributed by atoms with E-state index in [2.05, 4.69) is 52.2 Å². The van der Waals surface area contributed by atoms with Crippen LogP contribution >= 0.6 is 15.9 Å². The van der Waals surface area contributed by atoms with Crippen LogP contribution in [0.3, 0.4) is 0 Å². The molecule has 114 valence electrons. The zero-order valence-electron chi connectivity index (χ0n) is 12.4. The third-order valence-corrected chi connectivity index (χ3v) is 3.48. The molecule has 0 spiro atoms. The molecule has 6 heteroatoms. The van der Waals surface area contributed by atoms with E-state index in [-0.39, 0.29) is 17.2 Å². The van der Waals surface area contributed by atoms with Crippen LogP contribution < -0.4 is 5.32 Å². The molecule has 0 radical (unpaired) electrons. The predicted octanol–water partition coefficient (Wildman–Crippen LogP) is 3.96. The van der Waals surface area contributed by atoms with Crippen LogP contribution in [0.25, 0.3) is 11.5 Å². The standard InChI is InChI=1S/C15H19BrFN3O/c1-15(2,3)18-9-5-8-12-19-20-14(21-12)10-6-4-7-11(16)13(10)17/h4,6-7,18H,5,8-9H2,1-3H3. The number of nitrogens with zero attached hydrogens (tertiary/aromatic N) is 2. The van der Waals surface area contributed by atoms with E-state index in [1.165, 1.54) is 0 Å². The SMILES string of the molecule is CC(C)(C)NCCCc1nnc(-c2cccc(Br)c2F)o1. The molecule has 0 unspecified atom stereocenters. The Hall–Kier alpha value is -1.27. The summed E-state index contributed by atoms with van der Waals surface area (Å²) in [6, 6.07) is 4.99. The average molecular weight is 356 g/mol. The Kier molecular flexibility index (Phi) is 5.11. The van der Waals surface area contributed by atoms with Gasteiger partial charge in [0.15, 0.2) is 0 Å². The molecule has 2 rings (SSSR count). The number of benzene rings is 1. The van der Waals surface area contributed by atoms with Crippen LogP contribution in [-0.4, -0.2) is 22.3 Å². The van der Waals surface area contributed by atoms with E-state index in [4.69, 9.17) is 4.42 Å². The lowest BCUT2D eigenvalue weighted by Gasteiger charge is -2.19. The summed E-state index contributed by atoms with van der Waals surface area (Å²) in [4.78, 5) is 0. The number of aryl methyl sites for hydroxylation is 1. The van der Waals surface area contributed by atoms with Gasteiger partial charge in [0.2, 0.25) is 5.89 Å². The Balaban J connectivity index is 1.97. The molecular formula is C15H19BrFN3O. The molecule has 0 saturated carbocycles. The van der Waals surface area contributed by atoms with Crippen molar-refractivity contribution in [1.29, 1.82) is 0 Å². The Morgan fingerprint density at radius 2 is 2.05 bits per heavy atom. The monoisotopic (exact) mass is 355 g/mol. The number of aromatic nitrogens is 2. The Morgan fingerprint density at radius 1 is 1.29 bits per heavy atom. The summed E-state index contributed by atoms with van der Waals surface area (Å²) in [5.41, 5.74) is 0.412. The van der Waals surface area contributed by atoms with Crippen molar-refractivity contribution in [3.05, 3.63) is 34.4 Å². The molecule has 0 atom stereocenters. The molecule has 21 heavy (non-hydrogen) atoms. The number of halogens is 2. The van der Waals surface area contributed by atoms with Crippen molar-refractivity contribution < 1.29 is 8.81 Å². The molecule has 0 fully saturated rings. The van der Waals surface area contributed by atoms with Gasteiger partial charge in [-0.1, -0.05) is 6.07 Å². The van der Waals surface area contributed by atoms with Crippen molar-refractivity contribution >= 4 is 15.9 Å². The molecule has 0 amide bonds. The van der Waals surface area contributed by atoms with Crippen LogP contribution in [0, 0.1) is 5.82 Å². The van der Waals surface area contributed by atoms with Gasteiger partial charge in [0.25, 0.3) is 5.89 Å². The highest BCUT2D eigenvalue weighted by Gasteiger charge is 2.15. The van der Waals surface area contributed by atoms with Crippen molar-refractivity contribution in [3.63, 3.8) is 0 Å². The van der Waals surface area contributed by atoms with Gasteiger partial charge >= 0.3 is 0 Å². The van der Waals surface area contributed by atoms with E-state index in [1.54, 1.807) is 18.2 Å². The molecule has 0 aliphatic rings. The smallest absolute Gasteiger partial charge is 0.250 e. The van der Waals surface area contributed by atoms with Crippen LogP contribution in [0.2, 0.25) is 0 Å². The largest absolute Gasteiger partial charge is 0.421 e. The highest BCUT2D eigenvalue weighted by atomic mass is 79.9. The van der Waals surface area contributed by atoms with Gasteiger partial charge in [-0.25, -0.2) is 4.39 Å². The second-order valence-electron chi connectivity index (χ2n) is 5.88. The summed E-state index contributed by atoms with van der Waals surface area (Å²) in [6.45, 7) is 7.22. The first-order valence-corrected chi connectivity index (χ1v) is 7.68. The molecule has 1 N–H and O–H groups in total. The second-order valence-corrected chi connectivity index (χ2v) is 6.74. The predicted molar refractivity (Wildman–Crippen MR) is 83.5 cm³/mol. The fraction of sp³-hybridized carbons (Fsp3) is 0.467. The van der Waals surface area contributed by atoms with Crippen LogP contribution in [0.1, 0.15) is 33.1 Å². The minimum absolute atomic E-state index is 0.0967. The zero-order chi connectivity index (χ0) is 15.5. The quantitative estimate of drug-likeness (QED) is 0.824. The van der Waals surface area contributed by atoms with Crippen molar-refractivity contribution in [1.82, 2.24) is 15.5 Å². The fourth-order valence-corrected chi connectivity index (χ4v) is 2.20. The van der Waals surface area contributed by atoms with Gasteiger partial charge in [-0.2, -0.15) is 0 Å². The van der Waals surface area contributed by atoms with E-state index in [1.807, 2.05) is 0 Å². The topological polar surface area (TPSA) is 51.0 Å². The van der Waals surface area contributed by atoms with Crippen LogP contribution in [0.15, 0.2) is 27.1 Å². The maximum absolute atomic E-state index is 13.9. The van der Waals surface area contributed by atoms with Crippen LogP contribution in [0.4, 0.5) is 4.39 Å². The summed E-state index contributed by atoms with van der Waals surface area (Å²) in [6.07, 6.45) is 1.56. The molecule has 0 aliphatic carbocycles. The van der Waals surface area contributed by atoms with Gasteiger partial charge in [-0.3, -0.25) is 0 Å². The minimum Gasteiger partial charge on any atom is -0.421 e. The van der Waals surface area contributed by atoms with Gasteiger partial charge in [-0.05, 0) is 61.8 Å². The molecule has 1 aromatic carbocycles. The number of rotatable bonds is 5. The molecule has 4 nitrogen and oxygen atoms in total. The Morgan fingerprint density at radius 3 is 2.76 bits per heavy atom. The summed E-state index contributed by atoms with van der Waals surface area (Å²) < 4.78 is 19.9. The molecule has 0 bridgehead atoms. The maximum atomic E-state index is 13.9. The normalized spacial score (nSPS) is 11.9. The van der Waals surface area contributed by atoms with E-state index >= 15 is 0 Å². The molecule has 0 aliphatic heterocycles. The average Bonchev–Trinajstić information content (AvgIpc) is 2.85. The van der Waals surface area contributed by atoms with Crippen molar-refractivity contribution in [2.45, 2.75) is 39.2 Å². The third kappa shape index (κ3) is 4.61. The highest BCUT2D eigenvalue weighted by molar-refractivity contribution is 9.10. The molecule has 1 heterocycles. The molecule has 2 aromatic rings. The minimum atomic E-state index is -0.387. The lowest BCUT2D eigenvalue weighted by Crippen LogP contribution is -2.36. The van der Waals surface area contributed by atoms with Crippen molar-refractivity contribution in [2.24, 2.45) is 0 Å². The first kappa shape index (κ1) is 16.1. The van der Waals surface area contributed by atoms with E-state index in [0.717, 1.165) is 13.0 Å². The molecule has 1 aromatic heterocycles. The maximum Gasteiger partial charge on any atom is 0.250 e. The summed E-state index contributed by atoms with van der Waals surface area (Å²) >= 11 is 3.15. The Bertz CT molecular complexity index is 607. The summed E-state index contributed by atoms with van der Waals surface area (Å²) in [7, 11) is 0. The van der Waals surface area contributed by atoms with Gasteiger partial charge < -0.3 is 9.73 Å². The van der Waals surface area contributed by atoms with E-state index in [0.29, 0.717) is 22.3 Å². The summed E-state index contributed by atoms with van der Waals surface area (Å²) in [5.74, 6) is 0.356. The molecule has 0 saturated heterocycles. The first-order valence-electron chi connectivity index (χ1n) is 6.88. The lowest BCUT2D eigenvalue weighted by atomic mass is 10.1. The second kappa shape index (κ2) is 6.66. The Labute approximate surface area is 132 Å². The van der Waals surface area contributed by atoms with E-state index in [9.17, 15) is 4.39 Å². The first-order chi connectivity index (χ1) is 9.87. The lowest BCUT2D eigenvalue weighted by molar-refractivity contribution is 0.412. The van der Waals surface area contributed by atoms with Gasteiger partial charge in [-0.15, -0.1) is 10.2 Å². The highest BCUT2D eigenvalue weighted by Crippen LogP contribution is 2.26.